The number of carbonyl (C=O) groups excluding carboxylic acids is 1. The summed E-state index contributed by atoms with van der Waals surface area (Å²) in [6.07, 6.45) is 1.61. The second kappa shape index (κ2) is 4.84. The Bertz CT molecular complexity index is 186. The van der Waals surface area contributed by atoms with Gasteiger partial charge in [0.1, 0.15) is 0 Å². The van der Waals surface area contributed by atoms with Crippen LogP contribution in [0, 0.1) is 0 Å². The fourth-order valence-electron chi connectivity index (χ4n) is 1.45. The van der Waals surface area contributed by atoms with Crippen molar-refractivity contribution in [3.8, 4) is 0 Å². The van der Waals surface area contributed by atoms with Crippen molar-refractivity contribution in [2.45, 2.75) is 25.8 Å². The third-order valence-electron chi connectivity index (χ3n) is 2.25. The van der Waals surface area contributed by atoms with Crippen LogP contribution < -0.4 is 0 Å². The van der Waals surface area contributed by atoms with Gasteiger partial charge in [0.05, 0.1) is 12.6 Å². The van der Waals surface area contributed by atoms with Gasteiger partial charge in [-0.2, -0.15) is 0 Å². The van der Waals surface area contributed by atoms with Crippen LogP contribution in [0.15, 0.2) is 4.99 Å². The topological polar surface area (TPSA) is 41.9 Å². The predicted molar refractivity (Wildman–Crippen MR) is 51.2 cm³/mol. The molecule has 1 fully saturated rings. The van der Waals surface area contributed by atoms with Gasteiger partial charge in [0.25, 0.3) is 0 Å². The molecule has 4 nitrogen and oxygen atoms in total. The van der Waals surface area contributed by atoms with E-state index in [1.54, 1.807) is 4.90 Å². The standard InChI is InChI=1S/C9H16N2O2/c1-3-13-9(12)11-6-4-8(10-2)5-7-11/h8H,2-7H2,1H3. The first-order valence-corrected chi connectivity index (χ1v) is 4.65. The Morgan fingerprint density at radius 3 is 2.69 bits per heavy atom. The Kier molecular flexibility index (Phi) is 3.73. The van der Waals surface area contributed by atoms with Crippen LogP contribution in [0.1, 0.15) is 19.8 Å². The van der Waals surface area contributed by atoms with Crippen molar-refractivity contribution in [3.05, 3.63) is 0 Å². The van der Waals surface area contributed by atoms with Gasteiger partial charge in [-0.1, -0.05) is 0 Å². The van der Waals surface area contributed by atoms with Crippen molar-refractivity contribution in [3.63, 3.8) is 0 Å². The van der Waals surface area contributed by atoms with Gasteiger partial charge in [-0.25, -0.2) is 4.79 Å². The van der Waals surface area contributed by atoms with E-state index < -0.39 is 0 Å². The maximum atomic E-state index is 11.3. The average molecular weight is 184 g/mol. The van der Waals surface area contributed by atoms with Crippen LogP contribution in [-0.2, 0) is 4.74 Å². The molecule has 74 valence electrons. The molecule has 1 heterocycles. The summed E-state index contributed by atoms with van der Waals surface area (Å²) in [5, 5.41) is 0. The number of aliphatic imine (C=N–C) groups is 1. The van der Waals surface area contributed by atoms with Crippen LogP contribution in [0.25, 0.3) is 0 Å². The molecule has 1 aliphatic heterocycles. The van der Waals surface area contributed by atoms with Crippen molar-refractivity contribution in [2.75, 3.05) is 19.7 Å². The van der Waals surface area contributed by atoms with Gasteiger partial charge in [0.2, 0.25) is 0 Å². The van der Waals surface area contributed by atoms with E-state index in [1.165, 1.54) is 0 Å². The number of hydrogen-bond acceptors (Lipinski definition) is 3. The van der Waals surface area contributed by atoms with Crippen molar-refractivity contribution in [2.24, 2.45) is 4.99 Å². The first kappa shape index (κ1) is 10.0. The number of amides is 1. The van der Waals surface area contributed by atoms with E-state index in [0.717, 1.165) is 25.9 Å². The maximum absolute atomic E-state index is 11.3. The third kappa shape index (κ3) is 2.72. The fraction of sp³-hybridized carbons (Fsp3) is 0.778. The molecule has 1 amide bonds. The monoisotopic (exact) mass is 184 g/mol. The van der Waals surface area contributed by atoms with Crippen LogP contribution in [-0.4, -0.2) is 43.4 Å². The molecule has 0 atom stereocenters. The van der Waals surface area contributed by atoms with E-state index in [4.69, 9.17) is 4.74 Å². The molecular formula is C9H16N2O2. The molecular weight excluding hydrogens is 168 g/mol. The smallest absolute Gasteiger partial charge is 0.409 e. The van der Waals surface area contributed by atoms with Crippen LogP contribution >= 0.6 is 0 Å². The quantitative estimate of drug-likeness (QED) is 0.607. The molecule has 0 bridgehead atoms. The van der Waals surface area contributed by atoms with Crippen molar-refractivity contribution in [1.82, 2.24) is 4.90 Å². The van der Waals surface area contributed by atoms with Crippen molar-refractivity contribution in [1.29, 1.82) is 0 Å². The highest BCUT2D eigenvalue weighted by atomic mass is 16.6. The fourth-order valence-corrected chi connectivity index (χ4v) is 1.45. The molecule has 13 heavy (non-hydrogen) atoms. The van der Waals surface area contributed by atoms with Gasteiger partial charge >= 0.3 is 6.09 Å². The van der Waals surface area contributed by atoms with Gasteiger partial charge < -0.3 is 9.64 Å². The summed E-state index contributed by atoms with van der Waals surface area (Å²) in [5.74, 6) is 0. The largest absolute Gasteiger partial charge is 0.450 e. The van der Waals surface area contributed by atoms with Gasteiger partial charge in [0.15, 0.2) is 0 Å². The molecule has 1 saturated heterocycles. The Morgan fingerprint density at radius 2 is 2.23 bits per heavy atom. The van der Waals surface area contributed by atoms with Gasteiger partial charge in [-0.05, 0) is 26.5 Å². The highest BCUT2D eigenvalue weighted by molar-refractivity contribution is 5.67. The summed E-state index contributed by atoms with van der Waals surface area (Å²) in [5.41, 5.74) is 0. The summed E-state index contributed by atoms with van der Waals surface area (Å²) >= 11 is 0. The Morgan fingerprint density at radius 1 is 1.62 bits per heavy atom. The highest BCUT2D eigenvalue weighted by Crippen LogP contribution is 2.13. The zero-order valence-electron chi connectivity index (χ0n) is 8.03. The predicted octanol–water partition coefficient (Wildman–Crippen LogP) is 1.31. The van der Waals surface area contributed by atoms with E-state index in [-0.39, 0.29) is 6.09 Å². The molecule has 0 aliphatic carbocycles. The molecule has 0 unspecified atom stereocenters. The number of likely N-dealkylation sites (tertiary alicyclic amines) is 1. The zero-order chi connectivity index (χ0) is 9.68. The minimum absolute atomic E-state index is 0.204. The number of ether oxygens (including phenoxy) is 1. The first-order chi connectivity index (χ1) is 6.27. The van der Waals surface area contributed by atoms with E-state index in [9.17, 15) is 4.79 Å². The van der Waals surface area contributed by atoms with Crippen LogP contribution in [0.5, 0.6) is 0 Å². The minimum atomic E-state index is -0.204. The molecule has 0 spiro atoms. The average Bonchev–Trinajstić information content (AvgIpc) is 2.18. The number of nitrogens with zero attached hydrogens (tertiary/aromatic N) is 2. The van der Waals surface area contributed by atoms with E-state index in [1.807, 2.05) is 6.92 Å². The number of hydrogen-bond donors (Lipinski definition) is 0. The van der Waals surface area contributed by atoms with Gasteiger partial charge in [0, 0.05) is 13.1 Å². The lowest BCUT2D eigenvalue weighted by Crippen LogP contribution is -2.39. The molecule has 0 radical (unpaired) electrons. The molecule has 4 heteroatoms. The number of carbonyl (C=O) groups is 1. The SMILES string of the molecule is C=NC1CCN(C(=O)OCC)CC1. The van der Waals surface area contributed by atoms with Crippen LogP contribution in [0.3, 0.4) is 0 Å². The molecule has 0 saturated carbocycles. The Labute approximate surface area is 78.6 Å². The summed E-state index contributed by atoms with van der Waals surface area (Å²) in [6, 6.07) is 0.325. The molecule has 0 N–H and O–H groups in total. The molecule has 1 rings (SSSR count). The second-order valence-corrected chi connectivity index (χ2v) is 3.10. The molecule has 0 aromatic carbocycles. The van der Waals surface area contributed by atoms with E-state index in [2.05, 4.69) is 11.7 Å². The van der Waals surface area contributed by atoms with Gasteiger partial charge in [-0.15, -0.1) is 0 Å². The first-order valence-electron chi connectivity index (χ1n) is 4.65. The van der Waals surface area contributed by atoms with E-state index >= 15 is 0 Å². The Balaban J connectivity index is 2.31. The van der Waals surface area contributed by atoms with Crippen LogP contribution in [0.4, 0.5) is 4.79 Å². The zero-order valence-corrected chi connectivity index (χ0v) is 8.03. The third-order valence-corrected chi connectivity index (χ3v) is 2.25. The normalized spacial score (nSPS) is 18.4. The summed E-state index contributed by atoms with van der Waals surface area (Å²) in [4.78, 5) is 16.9. The summed E-state index contributed by atoms with van der Waals surface area (Å²) in [7, 11) is 0. The lowest BCUT2D eigenvalue weighted by atomic mass is 10.1. The summed E-state index contributed by atoms with van der Waals surface area (Å²) in [6.45, 7) is 7.24. The number of piperidine rings is 1. The lowest BCUT2D eigenvalue weighted by Gasteiger charge is -2.29. The van der Waals surface area contributed by atoms with Gasteiger partial charge in [-0.3, -0.25) is 4.99 Å². The maximum Gasteiger partial charge on any atom is 0.409 e. The van der Waals surface area contributed by atoms with Crippen molar-refractivity contribution >= 4 is 12.8 Å². The molecule has 1 aliphatic rings. The molecule has 0 aromatic heterocycles. The minimum Gasteiger partial charge on any atom is -0.450 e. The lowest BCUT2D eigenvalue weighted by molar-refractivity contribution is 0.0976. The molecule has 0 aromatic rings. The Hall–Kier alpha value is -1.06. The number of rotatable bonds is 2. The van der Waals surface area contributed by atoms with Crippen LogP contribution in [0.2, 0.25) is 0 Å². The summed E-state index contributed by atoms with van der Waals surface area (Å²) < 4.78 is 4.89. The van der Waals surface area contributed by atoms with E-state index in [0.29, 0.717) is 12.6 Å². The van der Waals surface area contributed by atoms with Crippen molar-refractivity contribution < 1.29 is 9.53 Å². The second-order valence-electron chi connectivity index (χ2n) is 3.10. The highest BCUT2D eigenvalue weighted by Gasteiger charge is 2.22.